The molecule has 8 atom stereocenters. The van der Waals surface area contributed by atoms with Crippen LogP contribution in [0.3, 0.4) is 0 Å². The van der Waals surface area contributed by atoms with Gasteiger partial charge in [-0.15, -0.1) is 0 Å². The van der Waals surface area contributed by atoms with Gasteiger partial charge in [0.2, 0.25) is 0 Å². The van der Waals surface area contributed by atoms with Crippen molar-refractivity contribution < 1.29 is 27.4 Å². The molecule has 0 saturated heterocycles. The van der Waals surface area contributed by atoms with Gasteiger partial charge in [0.1, 0.15) is 13.6 Å². The third-order valence-electron chi connectivity index (χ3n) is 11.0. The number of hydrogen-bond donors (Lipinski definition) is 0. The summed E-state index contributed by atoms with van der Waals surface area (Å²) in [5.41, 5.74) is 4.04. The van der Waals surface area contributed by atoms with Crippen LogP contribution in [0.1, 0.15) is 64.9 Å². The van der Waals surface area contributed by atoms with Crippen molar-refractivity contribution in [2.45, 2.75) is 83.3 Å². The van der Waals surface area contributed by atoms with Crippen LogP contribution in [-0.4, -0.2) is 54.2 Å². The summed E-state index contributed by atoms with van der Waals surface area (Å²) < 4.78 is 49.7. The molecular weight excluding hydrogens is 524 g/mol. The molecule has 0 heterocycles. The van der Waals surface area contributed by atoms with E-state index in [9.17, 15) is 8.42 Å². The summed E-state index contributed by atoms with van der Waals surface area (Å²) in [6.07, 6.45) is 11.0. The summed E-state index contributed by atoms with van der Waals surface area (Å²) in [4.78, 5) is 0.445. The molecule has 4 aliphatic rings. The first-order valence-corrected chi connectivity index (χ1v) is 16.6. The Bertz CT molecular complexity index is 1220. The van der Waals surface area contributed by atoms with E-state index < -0.39 is 9.84 Å². The van der Waals surface area contributed by atoms with Gasteiger partial charge in [0.25, 0.3) is 0 Å². The Hall–Kier alpha value is -1.51. The zero-order valence-electron chi connectivity index (χ0n) is 25.1. The van der Waals surface area contributed by atoms with Gasteiger partial charge in [0.05, 0.1) is 22.9 Å². The molecule has 0 aromatic heterocycles. The summed E-state index contributed by atoms with van der Waals surface area (Å²) >= 11 is 0. The van der Waals surface area contributed by atoms with Crippen LogP contribution < -0.4 is 0 Å². The number of ether oxygens (including phenoxy) is 4. The van der Waals surface area contributed by atoms with E-state index in [0.29, 0.717) is 22.6 Å². The van der Waals surface area contributed by atoms with Gasteiger partial charge >= 0.3 is 0 Å². The maximum absolute atomic E-state index is 13.4. The predicted octanol–water partition coefficient (Wildman–Crippen LogP) is 6.49. The predicted molar refractivity (Wildman–Crippen MR) is 156 cm³/mol. The van der Waals surface area contributed by atoms with Gasteiger partial charge < -0.3 is 18.9 Å². The SMILES string of the molecule is COCOC1CC2=CC=C3[C@@H]4CC[C@H](C(C)CS(=O)(=O)c5ccc(C)cc5)[C@@]4(C)CC[C@@H]3[C@@]2(C)C(OCOC)C1. The van der Waals surface area contributed by atoms with Crippen molar-refractivity contribution in [2.24, 2.45) is 34.5 Å². The fraction of sp³-hybridized carbons (Fsp3) is 0.697. The number of aryl methyl sites for hydroxylation is 1. The summed E-state index contributed by atoms with van der Waals surface area (Å²) in [6.45, 7) is 9.55. The molecule has 0 spiro atoms. The normalized spacial score (nSPS) is 36.2. The number of fused-ring (bicyclic) bond motifs is 5. The van der Waals surface area contributed by atoms with E-state index in [4.69, 9.17) is 18.9 Å². The first-order valence-electron chi connectivity index (χ1n) is 15.0. The summed E-state index contributed by atoms with van der Waals surface area (Å²) in [5.74, 6) is 1.59. The van der Waals surface area contributed by atoms with Gasteiger partial charge in [-0.1, -0.05) is 61.8 Å². The molecule has 0 amide bonds. The molecule has 5 rings (SSSR count). The van der Waals surface area contributed by atoms with Crippen molar-refractivity contribution >= 4 is 9.84 Å². The average Bonchev–Trinajstić information content (AvgIpc) is 3.28. The molecule has 1 aromatic rings. The van der Waals surface area contributed by atoms with E-state index in [2.05, 4.69) is 32.9 Å². The molecule has 3 unspecified atom stereocenters. The van der Waals surface area contributed by atoms with E-state index >= 15 is 0 Å². The zero-order valence-corrected chi connectivity index (χ0v) is 26.0. The number of methoxy groups -OCH3 is 2. The highest BCUT2D eigenvalue weighted by Crippen LogP contribution is 2.66. The lowest BCUT2D eigenvalue weighted by Gasteiger charge is -2.57. The van der Waals surface area contributed by atoms with Crippen molar-refractivity contribution in [3.8, 4) is 0 Å². The molecule has 1 aromatic carbocycles. The Kier molecular flexibility index (Phi) is 8.72. The van der Waals surface area contributed by atoms with Crippen molar-refractivity contribution in [1.29, 1.82) is 0 Å². The van der Waals surface area contributed by atoms with Gasteiger partial charge in [-0.3, -0.25) is 0 Å². The van der Waals surface area contributed by atoms with Gasteiger partial charge in [0.15, 0.2) is 9.84 Å². The average molecular weight is 573 g/mol. The van der Waals surface area contributed by atoms with Gasteiger partial charge in [-0.05, 0) is 80.2 Å². The van der Waals surface area contributed by atoms with E-state index in [1.807, 2.05) is 19.1 Å². The highest BCUT2D eigenvalue weighted by molar-refractivity contribution is 7.91. The molecule has 40 heavy (non-hydrogen) atoms. The Labute approximate surface area is 241 Å². The second-order valence-corrected chi connectivity index (χ2v) is 15.3. The third kappa shape index (κ3) is 5.26. The van der Waals surface area contributed by atoms with E-state index in [0.717, 1.165) is 44.1 Å². The van der Waals surface area contributed by atoms with Crippen LogP contribution in [0, 0.1) is 41.4 Å². The Morgan fingerprint density at radius 1 is 0.950 bits per heavy atom. The van der Waals surface area contributed by atoms with Crippen LogP contribution in [0.5, 0.6) is 0 Å². The minimum Gasteiger partial charge on any atom is -0.359 e. The zero-order chi connectivity index (χ0) is 28.7. The molecule has 7 heteroatoms. The highest BCUT2D eigenvalue weighted by Gasteiger charge is 2.59. The molecule has 0 radical (unpaired) electrons. The first-order chi connectivity index (χ1) is 19.0. The molecule has 3 fully saturated rings. The number of sulfone groups is 1. The van der Waals surface area contributed by atoms with Crippen LogP contribution in [0.4, 0.5) is 0 Å². The van der Waals surface area contributed by atoms with Crippen LogP contribution in [0.15, 0.2) is 52.5 Å². The van der Waals surface area contributed by atoms with Crippen LogP contribution in [0.25, 0.3) is 0 Å². The van der Waals surface area contributed by atoms with Crippen LogP contribution >= 0.6 is 0 Å². The molecule has 222 valence electrons. The second-order valence-electron chi connectivity index (χ2n) is 13.2. The molecule has 4 aliphatic carbocycles. The van der Waals surface area contributed by atoms with E-state index in [-0.39, 0.29) is 48.3 Å². The maximum atomic E-state index is 13.4. The molecule has 0 aliphatic heterocycles. The molecule has 6 nitrogen and oxygen atoms in total. The monoisotopic (exact) mass is 572 g/mol. The highest BCUT2D eigenvalue weighted by atomic mass is 32.2. The molecule has 3 saturated carbocycles. The third-order valence-corrected chi connectivity index (χ3v) is 13.0. The summed E-state index contributed by atoms with van der Waals surface area (Å²) in [5, 5.41) is 0. The smallest absolute Gasteiger partial charge is 0.178 e. The Morgan fingerprint density at radius 2 is 1.65 bits per heavy atom. The standard InChI is InChI=1S/C33H48O6S/c1-22-7-10-26(11-8-22)40(34,35)19-23(2)28-13-14-29-27-12-9-24-17-25(38-20-36-5)18-31(39-21-37-6)33(24,4)30(27)15-16-32(28,29)3/h7-12,23,25,28-31H,13-21H2,1-6H3/t23?,25?,28-,29+,30+,31?,32-,33+/m1/s1. The summed E-state index contributed by atoms with van der Waals surface area (Å²) in [6, 6.07) is 7.31. The second kappa shape index (κ2) is 11.6. The van der Waals surface area contributed by atoms with Gasteiger partial charge in [-0.2, -0.15) is 0 Å². The van der Waals surface area contributed by atoms with Crippen molar-refractivity contribution in [1.82, 2.24) is 0 Å². The number of rotatable bonds is 10. The van der Waals surface area contributed by atoms with E-state index in [1.165, 1.54) is 5.57 Å². The lowest BCUT2D eigenvalue weighted by atomic mass is 9.49. The minimum atomic E-state index is -3.33. The number of hydrogen-bond acceptors (Lipinski definition) is 6. The maximum Gasteiger partial charge on any atom is 0.178 e. The number of benzene rings is 1. The molecule has 0 N–H and O–H groups in total. The van der Waals surface area contributed by atoms with Gasteiger partial charge in [-0.25, -0.2) is 8.42 Å². The number of allylic oxidation sites excluding steroid dienone is 3. The molecular formula is C33H48O6S. The van der Waals surface area contributed by atoms with Crippen molar-refractivity contribution in [3.05, 3.63) is 53.1 Å². The lowest BCUT2D eigenvalue weighted by molar-refractivity contribution is -0.163. The minimum absolute atomic E-state index is 0.00291. The Morgan fingerprint density at radius 3 is 2.35 bits per heavy atom. The first kappa shape index (κ1) is 30.0. The summed E-state index contributed by atoms with van der Waals surface area (Å²) in [7, 11) is 0.00991. The van der Waals surface area contributed by atoms with Crippen LogP contribution in [-0.2, 0) is 28.8 Å². The van der Waals surface area contributed by atoms with Crippen molar-refractivity contribution in [3.63, 3.8) is 0 Å². The van der Waals surface area contributed by atoms with Gasteiger partial charge in [0, 0.05) is 26.1 Å². The van der Waals surface area contributed by atoms with Crippen LogP contribution in [0.2, 0.25) is 0 Å². The molecule has 0 bridgehead atoms. The fourth-order valence-electron chi connectivity index (χ4n) is 8.97. The topological polar surface area (TPSA) is 71.1 Å². The quantitative estimate of drug-likeness (QED) is 0.299. The largest absolute Gasteiger partial charge is 0.359 e. The fourth-order valence-corrected chi connectivity index (χ4v) is 10.6. The Balaban J connectivity index is 1.38. The lowest BCUT2D eigenvalue weighted by Crippen LogP contribution is -2.53. The van der Waals surface area contributed by atoms with E-state index in [1.54, 1.807) is 31.9 Å². The van der Waals surface area contributed by atoms with Crippen molar-refractivity contribution in [2.75, 3.05) is 33.6 Å².